The normalized spacial score (nSPS) is 29.1. The van der Waals surface area contributed by atoms with Gasteiger partial charge in [0.2, 0.25) is 5.91 Å². The summed E-state index contributed by atoms with van der Waals surface area (Å²) in [7, 11) is 0. The summed E-state index contributed by atoms with van der Waals surface area (Å²) in [4.78, 5) is 11.9. The van der Waals surface area contributed by atoms with Gasteiger partial charge in [0.25, 0.3) is 0 Å². The number of aliphatic hydroxyl groups excluding tert-OH is 4. The number of carbonyl (C=O) groups excluding carboxylic acids is 1. The number of nitrogens with one attached hydrogen (secondary N) is 1. The topological polar surface area (TPSA) is 110 Å². The maximum Gasteiger partial charge on any atom is 0.244 e. The molecule has 0 radical (unpaired) electrons. The highest BCUT2D eigenvalue weighted by Crippen LogP contribution is 2.11. The molecule has 5 N–H and O–H groups in total. The van der Waals surface area contributed by atoms with Gasteiger partial charge < -0.3 is 25.7 Å². The molecule has 0 aromatic rings. The Morgan fingerprint density at radius 2 is 1.42 bits per heavy atom. The number of rotatable bonds is 0. The molecule has 0 aromatic carbocycles. The molecule has 1 rings (SSSR count). The fourth-order valence-electron chi connectivity index (χ4n) is 2.87. The van der Waals surface area contributed by atoms with Crippen molar-refractivity contribution < 1.29 is 25.2 Å². The van der Waals surface area contributed by atoms with Gasteiger partial charge in [-0.2, -0.15) is 0 Å². The maximum absolute atomic E-state index is 11.9. The third-order valence-corrected chi connectivity index (χ3v) is 4.77. The van der Waals surface area contributed by atoms with Gasteiger partial charge >= 0.3 is 0 Å². The Labute approximate surface area is 197 Å². The first-order valence-corrected chi connectivity index (χ1v) is 11.2. The largest absolute Gasteiger partial charge is 0.390 e. The van der Waals surface area contributed by atoms with Gasteiger partial charge in [-0.1, -0.05) is 90.6 Å². The number of hydrogen-bond acceptors (Lipinski definition) is 5. The summed E-state index contributed by atoms with van der Waals surface area (Å²) < 4.78 is 0. The lowest BCUT2D eigenvalue weighted by molar-refractivity contribution is -0.117. The van der Waals surface area contributed by atoms with E-state index in [0.717, 1.165) is 5.57 Å². The van der Waals surface area contributed by atoms with Gasteiger partial charge in [0.05, 0.1) is 18.3 Å². The molecule has 1 aliphatic heterocycles. The summed E-state index contributed by atoms with van der Waals surface area (Å²) in [6.45, 7) is 3.88. The van der Waals surface area contributed by atoms with Crippen LogP contribution >= 0.6 is 0 Å². The minimum absolute atomic E-state index is 0.000138. The summed E-state index contributed by atoms with van der Waals surface area (Å²) in [6, 6.07) is -0.000138. The summed E-state index contributed by atoms with van der Waals surface area (Å²) >= 11 is 0. The van der Waals surface area contributed by atoms with Crippen LogP contribution in [0.5, 0.6) is 0 Å². The summed E-state index contributed by atoms with van der Waals surface area (Å²) in [5.41, 5.74) is 1.01. The average molecular weight is 456 g/mol. The van der Waals surface area contributed by atoms with Crippen LogP contribution in [-0.4, -0.2) is 56.8 Å². The Kier molecular flexibility index (Phi) is 14.4. The SMILES string of the molecule is CC1=CC=CC=CC[C@H](C)NC(=O)C=CC=CC=CC[C@@H](O)[C@H](O)[C@@H](O)C[C@@H](O)C=CC=C1. The maximum atomic E-state index is 11.9. The van der Waals surface area contributed by atoms with Gasteiger partial charge in [-0.15, -0.1) is 0 Å². The molecule has 0 fully saturated rings. The molecule has 33 heavy (non-hydrogen) atoms. The Morgan fingerprint density at radius 3 is 2.18 bits per heavy atom. The molecule has 0 unspecified atom stereocenters. The van der Waals surface area contributed by atoms with Crippen LogP contribution in [0.15, 0.2) is 96.7 Å². The zero-order valence-electron chi connectivity index (χ0n) is 19.4. The van der Waals surface area contributed by atoms with Crippen LogP contribution in [0, 0.1) is 0 Å². The molecule has 6 heteroatoms. The molecular formula is C27H37NO5. The van der Waals surface area contributed by atoms with Gasteiger partial charge in [-0.3, -0.25) is 4.79 Å². The van der Waals surface area contributed by atoms with Crippen LogP contribution in [0.1, 0.15) is 33.1 Å². The highest BCUT2D eigenvalue weighted by Gasteiger charge is 2.25. The Bertz CT molecular complexity index is 816. The lowest BCUT2D eigenvalue weighted by Crippen LogP contribution is -2.38. The molecule has 6 nitrogen and oxygen atoms in total. The van der Waals surface area contributed by atoms with Crippen molar-refractivity contribution in [3.63, 3.8) is 0 Å². The van der Waals surface area contributed by atoms with Gasteiger partial charge in [-0.05, 0) is 26.7 Å². The van der Waals surface area contributed by atoms with Gasteiger partial charge in [-0.25, -0.2) is 0 Å². The smallest absolute Gasteiger partial charge is 0.244 e. The van der Waals surface area contributed by atoms with Crippen molar-refractivity contribution in [2.75, 3.05) is 0 Å². The minimum atomic E-state index is -1.38. The fourth-order valence-corrected chi connectivity index (χ4v) is 2.87. The van der Waals surface area contributed by atoms with Crippen molar-refractivity contribution in [2.45, 2.75) is 63.6 Å². The van der Waals surface area contributed by atoms with E-state index < -0.39 is 24.4 Å². The first-order chi connectivity index (χ1) is 15.8. The quantitative estimate of drug-likeness (QED) is 0.386. The first-order valence-electron chi connectivity index (χ1n) is 11.2. The number of amides is 1. The minimum Gasteiger partial charge on any atom is -0.390 e. The van der Waals surface area contributed by atoms with Crippen molar-refractivity contribution in [1.29, 1.82) is 0 Å². The van der Waals surface area contributed by atoms with Gasteiger partial charge in [0.15, 0.2) is 0 Å². The first kappa shape index (κ1) is 28.3. The summed E-state index contributed by atoms with van der Waals surface area (Å²) in [6.07, 6.45) is 22.2. The van der Waals surface area contributed by atoms with Crippen molar-refractivity contribution in [3.05, 3.63) is 96.7 Å². The predicted molar refractivity (Wildman–Crippen MR) is 133 cm³/mol. The number of aliphatic hydroxyl groups is 4. The third-order valence-electron chi connectivity index (χ3n) is 4.77. The molecule has 0 bridgehead atoms. The van der Waals surface area contributed by atoms with Crippen LogP contribution in [0.4, 0.5) is 0 Å². The van der Waals surface area contributed by atoms with E-state index in [1.54, 1.807) is 42.5 Å². The van der Waals surface area contributed by atoms with E-state index in [9.17, 15) is 25.2 Å². The van der Waals surface area contributed by atoms with Crippen LogP contribution in [0.3, 0.4) is 0 Å². The number of hydrogen-bond donors (Lipinski definition) is 5. The molecule has 5 atom stereocenters. The molecule has 0 aromatic heterocycles. The van der Waals surface area contributed by atoms with E-state index in [1.807, 2.05) is 50.3 Å². The average Bonchev–Trinajstić information content (AvgIpc) is 2.76. The third kappa shape index (κ3) is 14.1. The van der Waals surface area contributed by atoms with Gasteiger partial charge in [0.1, 0.15) is 6.10 Å². The van der Waals surface area contributed by atoms with Crippen molar-refractivity contribution in [1.82, 2.24) is 5.32 Å². The molecule has 0 saturated carbocycles. The number of allylic oxidation sites excluding steroid dienone is 12. The summed E-state index contributed by atoms with van der Waals surface area (Å²) in [5.74, 6) is -0.185. The van der Waals surface area contributed by atoms with E-state index in [4.69, 9.17) is 0 Å². The predicted octanol–water partition coefficient (Wildman–Crippen LogP) is 2.96. The molecule has 0 spiro atoms. The molecule has 1 heterocycles. The molecule has 1 amide bonds. The Hall–Kier alpha value is -2.77. The number of carbonyl (C=O) groups is 1. The molecule has 0 aliphatic carbocycles. The molecule has 0 saturated heterocycles. The van der Waals surface area contributed by atoms with Crippen molar-refractivity contribution in [3.8, 4) is 0 Å². The van der Waals surface area contributed by atoms with E-state index in [-0.39, 0.29) is 24.8 Å². The highest BCUT2D eigenvalue weighted by molar-refractivity contribution is 5.87. The molecule has 180 valence electrons. The van der Waals surface area contributed by atoms with Crippen molar-refractivity contribution >= 4 is 5.91 Å². The van der Waals surface area contributed by atoms with E-state index in [0.29, 0.717) is 6.42 Å². The molecule has 1 aliphatic rings. The zero-order chi connectivity index (χ0) is 24.5. The standard InChI is InChI=1S/C27H37NO5/c1-21-14-8-6-7-9-16-22(2)28-26(32)19-11-5-3-4-10-18-24(30)27(33)25(31)20-23(29)17-13-12-15-21/h3-15,17,19,22-25,27,29-31,33H,16,18,20H2,1-2H3,(H,28,32)/t22-,23-,24+,25-,27-/m0/s1. The highest BCUT2D eigenvalue weighted by atomic mass is 16.4. The second kappa shape index (κ2) is 16.8. The van der Waals surface area contributed by atoms with Crippen LogP contribution in [0.2, 0.25) is 0 Å². The fraction of sp³-hybridized carbons (Fsp3) is 0.370. The Balaban J connectivity index is 2.86. The Morgan fingerprint density at radius 1 is 0.788 bits per heavy atom. The second-order valence-corrected chi connectivity index (χ2v) is 7.95. The lowest BCUT2D eigenvalue weighted by atomic mass is 10.00. The molecular weight excluding hydrogens is 418 g/mol. The monoisotopic (exact) mass is 455 g/mol. The van der Waals surface area contributed by atoms with Crippen LogP contribution in [-0.2, 0) is 4.79 Å². The van der Waals surface area contributed by atoms with Crippen LogP contribution < -0.4 is 5.32 Å². The second-order valence-electron chi connectivity index (χ2n) is 7.95. The van der Waals surface area contributed by atoms with Crippen LogP contribution in [0.25, 0.3) is 0 Å². The van der Waals surface area contributed by atoms with E-state index in [1.165, 1.54) is 12.2 Å². The van der Waals surface area contributed by atoms with Gasteiger partial charge in [0, 0.05) is 18.5 Å². The lowest BCUT2D eigenvalue weighted by Gasteiger charge is -2.23. The van der Waals surface area contributed by atoms with E-state index in [2.05, 4.69) is 5.32 Å². The van der Waals surface area contributed by atoms with Crippen molar-refractivity contribution in [2.24, 2.45) is 0 Å². The zero-order valence-corrected chi connectivity index (χ0v) is 19.4. The van der Waals surface area contributed by atoms with E-state index >= 15 is 0 Å². The summed E-state index contributed by atoms with van der Waals surface area (Å²) in [5, 5.41) is 43.1.